The Hall–Kier alpha value is -2.56. The highest BCUT2D eigenvalue weighted by atomic mass is 32.2. The number of benzene rings is 2. The van der Waals surface area contributed by atoms with Crippen molar-refractivity contribution >= 4 is 32.6 Å². The lowest BCUT2D eigenvalue weighted by Crippen LogP contribution is -2.59. The molecule has 4 atom stereocenters. The quantitative estimate of drug-likeness (QED) is 0.396. The van der Waals surface area contributed by atoms with Crippen LogP contribution in [0.5, 0.6) is 0 Å². The lowest BCUT2D eigenvalue weighted by atomic mass is 9.99. The highest BCUT2D eigenvalue weighted by molar-refractivity contribution is 7.93. The average Bonchev–Trinajstić information content (AvgIpc) is 2.85. The summed E-state index contributed by atoms with van der Waals surface area (Å²) in [6, 6.07) is 12.1. The van der Waals surface area contributed by atoms with E-state index in [1.54, 1.807) is 12.1 Å². The van der Waals surface area contributed by atoms with E-state index in [0.29, 0.717) is 5.56 Å². The van der Waals surface area contributed by atoms with E-state index in [2.05, 4.69) is 27.6 Å². The number of ether oxygens (including phenoxy) is 1. The Balaban J connectivity index is 1.52. The Bertz CT molecular complexity index is 1240. The van der Waals surface area contributed by atoms with E-state index < -0.39 is 45.9 Å². The van der Waals surface area contributed by atoms with Gasteiger partial charge in [-0.05, 0) is 47.7 Å². The molecule has 35 heavy (non-hydrogen) atoms. The molecule has 0 aromatic heterocycles. The number of piperazine rings is 1. The molecule has 0 spiro atoms. The predicted molar refractivity (Wildman–Crippen MR) is 132 cm³/mol. The number of likely N-dealkylation sites (N-methyl/N-ethyl adjacent to an activating group) is 1. The van der Waals surface area contributed by atoms with Gasteiger partial charge in [-0.1, -0.05) is 18.2 Å². The number of nitrogens with zero attached hydrogens (tertiary/aromatic N) is 3. The molecule has 2 aromatic rings. The first kappa shape index (κ1) is 25.5. The second kappa shape index (κ2) is 10.6. The summed E-state index contributed by atoms with van der Waals surface area (Å²) in [6.45, 7) is 3.15. The van der Waals surface area contributed by atoms with E-state index in [-0.39, 0.29) is 6.61 Å². The van der Waals surface area contributed by atoms with Crippen LogP contribution >= 0.6 is 0 Å². The van der Waals surface area contributed by atoms with Gasteiger partial charge in [-0.15, -0.1) is 0 Å². The van der Waals surface area contributed by atoms with Crippen molar-refractivity contribution in [1.29, 1.82) is 5.26 Å². The highest BCUT2D eigenvalue weighted by Crippen LogP contribution is 2.25. The molecule has 4 N–H and O–H groups in total. The van der Waals surface area contributed by atoms with Crippen LogP contribution in [0.1, 0.15) is 5.56 Å². The van der Waals surface area contributed by atoms with E-state index >= 15 is 0 Å². The molecular weight excluding hydrogens is 472 g/mol. The lowest BCUT2D eigenvalue weighted by Gasteiger charge is -2.36. The number of aliphatic hydroxyl groups is 3. The summed E-state index contributed by atoms with van der Waals surface area (Å²) in [7, 11) is -2.19. The Morgan fingerprint density at radius 3 is 2.51 bits per heavy atom. The summed E-state index contributed by atoms with van der Waals surface area (Å²) in [4.78, 5) is 4.10. The molecule has 0 saturated carbocycles. The lowest BCUT2D eigenvalue weighted by molar-refractivity contribution is -0.158. The molecule has 2 heterocycles. The SMILES string of the molecule is CN1CCN(c2ccc3cc(C=C(C#N)S(=O)(=O)NC4COC(CO)C(O)C4O)ccc3c2)CC1. The number of nitrogens with one attached hydrogen (secondary N) is 1. The minimum Gasteiger partial charge on any atom is -0.394 e. The third-order valence-electron chi connectivity index (χ3n) is 6.53. The van der Waals surface area contributed by atoms with Crippen molar-refractivity contribution in [3.8, 4) is 6.07 Å². The maximum absolute atomic E-state index is 12.8. The molecule has 2 aliphatic rings. The predicted octanol–water partition coefficient (Wildman–Crippen LogP) is -0.143. The number of allylic oxidation sites excluding steroid dienone is 1. The number of rotatable bonds is 6. The van der Waals surface area contributed by atoms with Crippen LogP contribution in [-0.2, 0) is 14.8 Å². The van der Waals surface area contributed by atoms with E-state index in [1.807, 2.05) is 24.3 Å². The first-order chi connectivity index (χ1) is 16.7. The van der Waals surface area contributed by atoms with Crippen molar-refractivity contribution in [2.24, 2.45) is 0 Å². The molecule has 2 aliphatic heterocycles. The van der Waals surface area contributed by atoms with Crippen LogP contribution in [0.25, 0.3) is 16.8 Å². The van der Waals surface area contributed by atoms with Gasteiger partial charge in [0.05, 0.1) is 19.3 Å². The fourth-order valence-corrected chi connectivity index (χ4v) is 5.48. The van der Waals surface area contributed by atoms with Crippen molar-refractivity contribution in [2.75, 3.05) is 51.3 Å². The van der Waals surface area contributed by atoms with Gasteiger partial charge < -0.3 is 29.9 Å². The number of anilines is 1. The first-order valence-electron chi connectivity index (χ1n) is 11.4. The molecule has 2 fully saturated rings. The van der Waals surface area contributed by atoms with E-state index in [4.69, 9.17) is 9.84 Å². The van der Waals surface area contributed by atoms with Gasteiger partial charge >= 0.3 is 0 Å². The molecular formula is C24H30N4O6S. The maximum atomic E-state index is 12.8. The van der Waals surface area contributed by atoms with Gasteiger partial charge in [0, 0.05) is 31.9 Å². The van der Waals surface area contributed by atoms with Gasteiger partial charge in [-0.25, -0.2) is 13.1 Å². The number of aliphatic hydroxyl groups excluding tert-OH is 3. The van der Waals surface area contributed by atoms with Gasteiger partial charge in [0.1, 0.15) is 24.4 Å². The van der Waals surface area contributed by atoms with Gasteiger partial charge in [0.2, 0.25) is 0 Å². The monoisotopic (exact) mass is 502 g/mol. The normalized spacial score (nSPS) is 26.6. The third kappa shape index (κ3) is 5.65. The minimum absolute atomic E-state index is 0.257. The zero-order valence-corrected chi connectivity index (χ0v) is 20.2. The Kier molecular flexibility index (Phi) is 7.73. The Morgan fingerprint density at radius 2 is 1.83 bits per heavy atom. The molecule has 0 radical (unpaired) electrons. The van der Waals surface area contributed by atoms with Gasteiger partial charge in [-0.3, -0.25) is 0 Å². The standard InChI is InChI=1S/C24H30N4O6S/c1-27-6-8-28(9-7-27)19-5-4-17-10-16(2-3-18(17)12-19)11-20(13-25)35(32,33)26-21-15-34-22(14-29)24(31)23(21)30/h2-5,10-12,21-24,26,29-31H,6-9,14-15H2,1H3. The van der Waals surface area contributed by atoms with Crippen LogP contribution in [0.15, 0.2) is 41.3 Å². The molecule has 0 aliphatic carbocycles. The van der Waals surface area contributed by atoms with Crippen molar-refractivity contribution in [1.82, 2.24) is 9.62 Å². The number of nitriles is 1. The van der Waals surface area contributed by atoms with Gasteiger partial charge in [-0.2, -0.15) is 5.26 Å². The fourth-order valence-electron chi connectivity index (χ4n) is 4.33. The van der Waals surface area contributed by atoms with Crippen LogP contribution in [0, 0.1) is 11.3 Å². The Labute approximate surface area is 204 Å². The van der Waals surface area contributed by atoms with Gasteiger partial charge in [0.25, 0.3) is 10.0 Å². The second-order valence-electron chi connectivity index (χ2n) is 8.96. The summed E-state index contributed by atoms with van der Waals surface area (Å²) in [6.07, 6.45) is -2.71. The van der Waals surface area contributed by atoms with Crippen LogP contribution in [0.2, 0.25) is 0 Å². The smallest absolute Gasteiger partial charge is 0.251 e. The fraction of sp³-hybridized carbons (Fsp3) is 0.458. The molecule has 4 unspecified atom stereocenters. The Morgan fingerprint density at radius 1 is 1.14 bits per heavy atom. The van der Waals surface area contributed by atoms with Gasteiger partial charge in [0.15, 0.2) is 4.91 Å². The summed E-state index contributed by atoms with van der Waals surface area (Å²) in [5, 5.41) is 40.8. The largest absolute Gasteiger partial charge is 0.394 e. The zero-order chi connectivity index (χ0) is 25.2. The number of sulfonamides is 1. The molecule has 188 valence electrons. The molecule has 4 rings (SSSR count). The zero-order valence-electron chi connectivity index (χ0n) is 19.4. The molecule has 0 amide bonds. The maximum Gasteiger partial charge on any atom is 0.251 e. The van der Waals surface area contributed by atoms with Crippen molar-refractivity contribution in [3.05, 3.63) is 46.9 Å². The van der Waals surface area contributed by atoms with Crippen LogP contribution in [-0.4, -0.2) is 99.4 Å². The molecule has 0 bridgehead atoms. The number of fused-ring (bicyclic) bond motifs is 1. The van der Waals surface area contributed by atoms with Crippen molar-refractivity contribution < 1.29 is 28.5 Å². The summed E-state index contributed by atoms with van der Waals surface area (Å²) < 4.78 is 33.1. The summed E-state index contributed by atoms with van der Waals surface area (Å²) >= 11 is 0. The topological polar surface area (TPSA) is 146 Å². The first-order valence-corrected chi connectivity index (χ1v) is 12.9. The molecule has 2 saturated heterocycles. The third-order valence-corrected chi connectivity index (χ3v) is 7.93. The van der Waals surface area contributed by atoms with Crippen LogP contribution in [0.3, 0.4) is 0 Å². The number of hydrogen-bond acceptors (Lipinski definition) is 9. The number of hydrogen-bond donors (Lipinski definition) is 4. The summed E-state index contributed by atoms with van der Waals surface area (Å²) in [5.41, 5.74) is 1.67. The molecule has 10 nitrogen and oxygen atoms in total. The van der Waals surface area contributed by atoms with Crippen LogP contribution < -0.4 is 9.62 Å². The molecule has 11 heteroatoms. The average molecular weight is 503 g/mol. The van der Waals surface area contributed by atoms with E-state index in [1.165, 1.54) is 6.08 Å². The second-order valence-corrected chi connectivity index (χ2v) is 10.6. The van der Waals surface area contributed by atoms with E-state index in [9.17, 15) is 23.9 Å². The minimum atomic E-state index is -4.30. The van der Waals surface area contributed by atoms with Crippen molar-refractivity contribution in [3.63, 3.8) is 0 Å². The summed E-state index contributed by atoms with van der Waals surface area (Å²) in [5.74, 6) is 0. The van der Waals surface area contributed by atoms with E-state index in [0.717, 1.165) is 42.6 Å². The van der Waals surface area contributed by atoms with Crippen LogP contribution in [0.4, 0.5) is 5.69 Å². The van der Waals surface area contributed by atoms with Crippen molar-refractivity contribution in [2.45, 2.75) is 24.4 Å². The molecule has 2 aromatic carbocycles. The highest BCUT2D eigenvalue weighted by Gasteiger charge is 2.40.